The Morgan fingerprint density at radius 2 is 1.42 bits per heavy atom. The standard InChI is InChI=1S/C45H54N12O6S/c1-6-31-39(64-26(4)48-31)43(61)52-45-50-33-20-30(41(47)59)22-36(63-17-11-14-54-23-27-12-10-13-28(27)24-54)38(33)56(45)16-9-8-15-55-37-32(19-29(40(46)58)21-35(37)62-5)49-44(55)51-42(60)34-18-25(3)53-57(34)7-2/h8-9,18-22,27-28H,6-7,10-17,23-24H2,1-5H3,(H2,46,58)(H2,47,59)(H,49,51,60)(H,50,52,61)/b9-8+. The molecule has 1 aliphatic carbocycles. The van der Waals surface area contributed by atoms with E-state index in [9.17, 15) is 19.2 Å². The second-order valence-corrected chi connectivity index (χ2v) is 17.6. The molecule has 336 valence electrons. The van der Waals surface area contributed by atoms with Crippen LogP contribution in [0.1, 0.15) is 96.8 Å². The number of hydrogen-bond donors (Lipinski definition) is 4. The van der Waals surface area contributed by atoms with Crippen LogP contribution in [0.4, 0.5) is 11.9 Å². The van der Waals surface area contributed by atoms with E-state index in [0.717, 1.165) is 42.9 Å². The summed E-state index contributed by atoms with van der Waals surface area (Å²) in [6, 6.07) is 8.02. The summed E-state index contributed by atoms with van der Waals surface area (Å²) in [5.41, 5.74) is 15.5. The Bertz CT molecular complexity index is 2790. The number of anilines is 2. The number of nitrogens with zero attached hydrogens (tertiary/aromatic N) is 8. The molecule has 0 bridgehead atoms. The fourth-order valence-corrected chi connectivity index (χ4v) is 9.98. The van der Waals surface area contributed by atoms with Gasteiger partial charge in [0.2, 0.25) is 23.7 Å². The number of carbonyl (C=O) groups is 4. The summed E-state index contributed by atoms with van der Waals surface area (Å²) in [5.74, 6) is 0.693. The number of benzene rings is 2. The van der Waals surface area contributed by atoms with Crippen LogP contribution in [0.3, 0.4) is 0 Å². The van der Waals surface area contributed by atoms with Crippen molar-refractivity contribution in [1.82, 2.24) is 38.8 Å². The van der Waals surface area contributed by atoms with Crippen LogP contribution < -0.4 is 31.6 Å². The van der Waals surface area contributed by atoms with Crippen LogP contribution in [0.5, 0.6) is 11.5 Å². The zero-order valence-electron chi connectivity index (χ0n) is 36.8. The molecule has 6 aromatic rings. The summed E-state index contributed by atoms with van der Waals surface area (Å²) < 4.78 is 17.4. The number of ether oxygens (including phenoxy) is 2. The van der Waals surface area contributed by atoms with Gasteiger partial charge in [-0.15, -0.1) is 11.3 Å². The van der Waals surface area contributed by atoms with Crippen LogP contribution in [0.15, 0.2) is 42.5 Å². The molecule has 2 unspecified atom stereocenters. The van der Waals surface area contributed by atoms with Crippen molar-refractivity contribution in [3.05, 3.63) is 80.6 Å². The van der Waals surface area contributed by atoms with Crippen molar-refractivity contribution in [3.8, 4) is 11.5 Å². The first-order chi connectivity index (χ1) is 30.8. The molecule has 64 heavy (non-hydrogen) atoms. The number of fused-ring (bicyclic) bond motifs is 3. The minimum absolute atomic E-state index is 0.187. The first kappa shape index (κ1) is 44.0. The first-order valence-corrected chi connectivity index (χ1v) is 22.5. The molecule has 1 aliphatic heterocycles. The maximum absolute atomic E-state index is 13.9. The number of nitrogens with one attached hydrogen (secondary N) is 2. The molecule has 1 saturated carbocycles. The van der Waals surface area contributed by atoms with Crippen LogP contribution >= 0.6 is 11.3 Å². The SMILES string of the molecule is CCc1nc(C)sc1C(=O)Nc1nc2cc(C(N)=O)cc(OCCCN3CC4CCCC4C3)c2n1C/C=C/Cn1c(NC(=O)c2cc(C)nn2CC)nc2cc(C(N)=O)cc(OC)c21. The topological polar surface area (TPSA) is 232 Å². The zero-order valence-corrected chi connectivity index (χ0v) is 37.6. The molecule has 19 heteroatoms. The Morgan fingerprint density at radius 1 is 0.828 bits per heavy atom. The molecular formula is C45H54N12O6S. The zero-order chi connectivity index (χ0) is 45.2. The number of amides is 4. The van der Waals surface area contributed by atoms with Crippen molar-refractivity contribution in [3.63, 3.8) is 0 Å². The van der Waals surface area contributed by atoms with E-state index in [1.165, 1.54) is 43.8 Å². The van der Waals surface area contributed by atoms with Crippen molar-refractivity contribution in [2.24, 2.45) is 23.3 Å². The van der Waals surface area contributed by atoms with Gasteiger partial charge in [-0.2, -0.15) is 5.10 Å². The van der Waals surface area contributed by atoms with Crippen molar-refractivity contribution < 1.29 is 28.7 Å². The van der Waals surface area contributed by atoms with Crippen molar-refractivity contribution >= 4 is 68.9 Å². The molecule has 5 heterocycles. The molecule has 0 spiro atoms. The van der Waals surface area contributed by atoms with Gasteiger partial charge in [0, 0.05) is 50.4 Å². The number of aryl methyl sites for hydroxylation is 4. The highest BCUT2D eigenvalue weighted by atomic mass is 32.1. The highest BCUT2D eigenvalue weighted by Crippen LogP contribution is 2.38. The summed E-state index contributed by atoms with van der Waals surface area (Å²) in [6.07, 6.45) is 9.07. The minimum atomic E-state index is -0.658. The lowest BCUT2D eigenvalue weighted by molar-refractivity contribution is 0.0991. The van der Waals surface area contributed by atoms with E-state index < -0.39 is 17.7 Å². The highest BCUT2D eigenvalue weighted by Gasteiger charge is 2.35. The van der Waals surface area contributed by atoms with Gasteiger partial charge in [-0.1, -0.05) is 25.5 Å². The third-order valence-corrected chi connectivity index (χ3v) is 13.1. The van der Waals surface area contributed by atoms with E-state index in [4.69, 9.17) is 30.9 Å². The molecule has 6 N–H and O–H groups in total. The smallest absolute Gasteiger partial charge is 0.276 e. The van der Waals surface area contributed by atoms with Crippen LogP contribution in [0.25, 0.3) is 22.1 Å². The number of allylic oxidation sites excluding steroid dienone is 2. The molecule has 4 amide bonds. The largest absolute Gasteiger partial charge is 0.494 e. The second-order valence-electron chi connectivity index (χ2n) is 16.4. The average Bonchev–Trinajstić information content (AvgIpc) is 4.13. The molecule has 2 fully saturated rings. The number of imidazole rings is 2. The molecular weight excluding hydrogens is 837 g/mol. The third kappa shape index (κ3) is 8.94. The molecule has 2 aromatic carbocycles. The second kappa shape index (κ2) is 18.6. The molecule has 4 aromatic heterocycles. The molecule has 1 saturated heterocycles. The quantitative estimate of drug-likeness (QED) is 0.0603. The number of nitrogens with two attached hydrogens (primary N) is 2. The van der Waals surface area contributed by atoms with E-state index >= 15 is 0 Å². The average molecular weight is 891 g/mol. The van der Waals surface area contributed by atoms with Crippen molar-refractivity contribution in [2.45, 2.75) is 79.4 Å². The summed E-state index contributed by atoms with van der Waals surface area (Å²) >= 11 is 1.31. The fraction of sp³-hybridized carbons (Fsp3) is 0.422. The number of rotatable bonds is 18. The van der Waals surface area contributed by atoms with Gasteiger partial charge in [0.1, 0.15) is 33.1 Å². The number of thiazole rings is 1. The Morgan fingerprint density at radius 3 is 2.00 bits per heavy atom. The van der Waals surface area contributed by atoms with Crippen LogP contribution in [0.2, 0.25) is 0 Å². The Kier molecular flexibility index (Phi) is 12.8. The number of carbonyl (C=O) groups excluding carboxylic acids is 4. The van der Waals surface area contributed by atoms with E-state index in [-0.39, 0.29) is 42.0 Å². The van der Waals surface area contributed by atoms with Gasteiger partial charge in [-0.25, -0.2) is 15.0 Å². The monoisotopic (exact) mass is 890 g/mol. The fourth-order valence-electron chi connectivity index (χ4n) is 9.08. The van der Waals surface area contributed by atoms with Gasteiger partial charge in [0.05, 0.1) is 41.1 Å². The summed E-state index contributed by atoms with van der Waals surface area (Å²) in [7, 11) is 1.48. The summed E-state index contributed by atoms with van der Waals surface area (Å²) in [6.45, 7) is 11.9. The third-order valence-electron chi connectivity index (χ3n) is 12.1. The van der Waals surface area contributed by atoms with Gasteiger partial charge in [0.25, 0.3) is 11.8 Å². The summed E-state index contributed by atoms with van der Waals surface area (Å²) in [5, 5.41) is 11.1. The lowest BCUT2D eigenvalue weighted by atomic mass is 10.0. The Balaban J connectivity index is 1.13. The minimum Gasteiger partial charge on any atom is -0.494 e. The van der Waals surface area contributed by atoms with Gasteiger partial charge in [0.15, 0.2) is 0 Å². The van der Waals surface area contributed by atoms with Crippen LogP contribution in [-0.2, 0) is 26.1 Å². The predicted molar refractivity (Wildman–Crippen MR) is 244 cm³/mol. The maximum atomic E-state index is 13.9. The highest BCUT2D eigenvalue weighted by molar-refractivity contribution is 7.13. The summed E-state index contributed by atoms with van der Waals surface area (Å²) in [4.78, 5) is 69.6. The molecule has 0 radical (unpaired) electrons. The van der Waals surface area contributed by atoms with Gasteiger partial charge in [-0.3, -0.25) is 34.5 Å². The molecule has 18 nitrogen and oxygen atoms in total. The number of primary amides is 2. The van der Waals surface area contributed by atoms with E-state index in [2.05, 4.69) is 25.6 Å². The van der Waals surface area contributed by atoms with E-state index in [1.54, 1.807) is 33.5 Å². The van der Waals surface area contributed by atoms with Crippen molar-refractivity contribution in [1.29, 1.82) is 0 Å². The Labute approximate surface area is 374 Å². The predicted octanol–water partition coefficient (Wildman–Crippen LogP) is 5.71. The first-order valence-electron chi connectivity index (χ1n) is 21.7. The van der Waals surface area contributed by atoms with Gasteiger partial charge >= 0.3 is 0 Å². The van der Waals surface area contributed by atoms with Crippen LogP contribution in [-0.4, -0.2) is 95.7 Å². The molecule has 2 atom stereocenters. The lowest BCUT2D eigenvalue weighted by Crippen LogP contribution is -2.24. The van der Waals surface area contributed by atoms with Crippen molar-refractivity contribution in [2.75, 3.05) is 44.0 Å². The van der Waals surface area contributed by atoms with E-state index in [0.29, 0.717) is 75.1 Å². The normalized spacial score (nSPS) is 16.3. The number of hydrogen-bond acceptors (Lipinski definition) is 12. The van der Waals surface area contributed by atoms with Gasteiger partial charge in [-0.05, 0) is 88.6 Å². The molecule has 2 aliphatic rings. The van der Waals surface area contributed by atoms with Crippen LogP contribution in [0, 0.1) is 25.7 Å². The molecule has 8 rings (SSSR count). The van der Waals surface area contributed by atoms with Gasteiger partial charge < -0.3 is 35.0 Å². The van der Waals surface area contributed by atoms with E-state index in [1.807, 2.05) is 44.4 Å². The number of aromatic nitrogens is 7. The Hall–Kier alpha value is -6.60. The lowest BCUT2D eigenvalue weighted by Gasteiger charge is -2.17. The number of likely N-dealkylation sites (tertiary alicyclic amines) is 1. The number of methoxy groups -OCH3 is 1. The maximum Gasteiger partial charge on any atom is 0.276 e.